The van der Waals surface area contributed by atoms with E-state index in [2.05, 4.69) is 56.6 Å². The van der Waals surface area contributed by atoms with E-state index in [4.69, 9.17) is 9.47 Å². The average Bonchev–Trinajstić information content (AvgIpc) is 2.99. The number of fused-ring (bicyclic) bond motifs is 1. The van der Waals surface area contributed by atoms with Crippen LogP contribution in [0.5, 0.6) is 5.75 Å². The fraction of sp³-hybridized carbons (Fsp3) is 0.348. The highest BCUT2D eigenvalue weighted by atomic mass is 79.9. The van der Waals surface area contributed by atoms with Crippen LogP contribution in [0.2, 0.25) is 0 Å². The van der Waals surface area contributed by atoms with Crippen molar-refractivity contribution in [1.82, 2.24) is 9.47 Å². The number of aryl methyl sites for hydroxylation is 1. The van der Waals surface area contributed by atoms with Crippen molar-refractivity contribution >= 4 is 32.6 Å². The summed E-state index contributed by atoms with van der Waals surface area (Å²) >= 11 is 3.60. The Morgan fingerprint density at radius 2 is 1.83 bits per heavy atom. The Morgan fingerprint density at radius 3 is 2.48 bits per heavy atom. The van der Waals surface area contributed by atoms with Crippen molar-refractivity contribution in [2.24, 2.45) is 0 Å². The molecule has 0 aliphatic carbocycles. The molecule has 2 heterocycles. The maximum atomic E-state index is 13.4. The molecular weight excluding hydrogens is 432 g/mol. The lowest BCUT2D eigenvalue weighted by molar-refractivity contribution is 0.0371. The summed E-state index contributed by atoms with van der Waals surface area (Å²) in [5, 5.41) is 0.918. The first kappa shape index (κ1) is 20.1. The number of morpholine rings is 1. The summed E-state index contributed by atoms with van der Waals surface area (Å²) in [4.78, 5) is 15.5. The van der Waals surface area contributed by atoms with E-state index in [0.29, 0.717) is 19.8 Å². The third-order valence-corrected chi connectivity index (χ3v) is 6.14. The Balaban J connectivity index is 1.87. The molecule has 0 N–H and O–H groups in total. The standard InChI is InChI=1S/C23H25BrN2O3/c1-15-4-6-17(7-5-15)26-16(2)23(21(27)14-25-8-10-29-11-9-25)18-12-22(28-3)19(24)13-20(18)26/h4-7,12-13H,8-11,14H2,1-3H3. The van der Waals surface area contributed by atoms with Crippen LogP contribution in [0.4, 0.5) is 0 Å². The van der Waals surface area contributed by atoms with Crippen molar-refractivity contribution in [3.05, 3.63) is 57.7 Å². The van der Waals surface area contributed by atoms with Crippen molar-refractivity contribution in [1.29, 1.82) is 0 Å². The maximum Gasteiger partial charge on any atom is 0.179 e. The molecule has 1 saturated heterocycles. The number of nitrogens with zero attached hydrogens (tertiary/aromatic N) is 2. The molecule has 1 aliphatic heterocycles. The van der Waals surface area contributed by atoms with Crippen LogP contribution in [0.15, 0.2) is 40.9 Å². The van der Waals surface area contributed by atoms with Crippen molar-refractivity contribution in [2.45, 2.75) is 13.8 Å². The zero-order valence-electron chi connectivity index (χ0n) is 17.0. The van der Waals surface area contributed by atoms with Gasteiger partial charge in [0, 0.05) is 35.4 Å². The van der Waals surface area contributed by atoms with Crippen molar-refractivity contribution in [3.8, 4) is 11.4 Å². The fourth-order valence-corrected chi connectivity index (χ4v) is 4.49. The predicted octanol–water partition coefficient (Wildman–Crippen LogP) is 4.53. The number of carbonyl (C=O) groups is 1. The van der Waals surface area contributed by atoms with Gasteiger partial charge in [0.2, 0.25) is 0 Å². The minimum atomic E-state index is 0.129. The Bertz CT molecular complexity index is 1050. The number of halogens is 1. The molecular formula is C23H25BrN2O3. The maximum absolute atomic E-state index is 13.4. The molecule has 1 fully saturated rings. The van der Waals surface area contributed by atoms with Gasteiger partial charge in [0.05, 0.1) is 36.9 Å². The highest BCUT2D eigenvalue weighted by Crippen LogP contribution is 2.37. The van der Waals surface area contributed by atoms with Gasteiger partial charge in [-0.1, -0.05) is 17.7 Å². The fourth-order valence-electron chi connectivity index (χ4n) is 3.99. The van der Waals surface area contributed by atoms with E-state index < -0.39 is 0 Å². The van der Waals surface area contributed by atoms with Gasteiger partial charge in [0.1, 0.15) is 5.75 Å². The van der Waals surface area contributed by atoms with Gasteiger partial charge in [-0.25, -0.2) is 0 Å². The minimum absolute atomic E-state index is 0.129. The summed E-state index contributed by atoms with van der Waals surface area (Å²) in [5.74, 6) is 0.851. The number of rotatable bonds is 5. The quantitative estimate of drug-likeness (QED) is 0.528. The molecule has 0 atom stereocenters. The van der Waals surface area contributed by atoms with Crippen LogP contribution in [-0.2, 0) is 4.74 Å². The number of carbonyl (C=O) groups excluding carboxylic acids is 1. The highest BCUT2D eigenvalue weighted by molar-refractivity contribution is 9.10. The number of aromatic nitrogens is 1. The lowest BCUT2D eigenvalue weighted by Crippen LogP contribution is -2.39. The van der Waals surface area contributed by atoms with Gasteiger partial charge < -0.3 is 14.0 Å². The predicted molar refractivity (Wildman–Crippen MR) is 119 cm³/mol. The SMILES string of the molecule is COc1cc2c(C(=O)CN3CCOCC3)c(C)n(-c3ccc(C)cc3)c2cc1Br. The molecule has 0 saturated carbocycles. The Kier molecular flexibility index (Phi) is 5.76. The summed E-state index contributed by atoms with van der Waals surface area (Å²) in [6.07, 6.45) is 0. The Morgan fingerprint density at radius 1 is 1.14 bits per heavy atom. The zero-order chi connectivity index (χ0) is 20.5. The molecule has 3 aromatic rings. The number of ketones is 1. The van der Waals surface area contributed by atoms with Gasteiger partial charge >= 0.3 is 0 Å². The molecule has 6 heteroatoms. The van der Waals surface area contributed by atoms with Crippen LogP contribution in [0, 0.1) is 13.8 Å². The average molecular weight is 457 g/mol. The smallest absolute Gasteiger partial charge is 0.179 e. The summed E-state index contributed by atoms with van der Waals surface area (Å²) in [5.41, 5.74) is 4.94. The Labute approximate surface area is 179 Å². The van der Waals surface area contributed by atoms with Crippen LogP contribution >= 0.6 is 15.9 Å². The van der Waals surface area contributed by atoms with Crippen molar-refractivity contribution in [2.75, 3.05) is 40.0 Å². The largest absolute Gasteiger partial charge is 0.496 e. The molecule has 0 amide bonds. The molecule has 0 radical (unpaired) electrons. The molecule has 0 bridgehead atoms. The first-order valence-electron chi connectivity index (χ1n) is 9.78. The normalized spacial score (nSPS) is 15.0. The number of benzene rings is 2. The number of ether oxygens (including phenoxy) is 2. The van der Waals surface area contributed by atoms with Gasteiger partial charge in [-0.2, -0.15) is 0 Å². The molecule has 152 valence electrons. The second kappa shape index (κ2) is 8.30. The number of hydrogen-bond donors (Lipinski definition) is 0. The van der Waals surface area contributed by atoms with Crippen LogP contribution in [0.25, 0.3) is 16.6 Å². The van der Waals surface area contributed by atoms with Gasteiger partial charge in [0.25, 0.3) is 0 Å². The lowest BCUT2D eigenvalue weighted by Gasteiger charge is -2.25. The molecule has 0 unspecified atom stereocenters. The first-order valence-corrected chi connectivity index (χ1v) is 10.6. The second-order valence-corrected chi connectivity index (χ2v) is 8.30. The Hall–Kier alpha value is -2.15. The van der Waals surface area contributed by atoms with E-state index >= 15 is 0 Å². The molecule has 29 heavy (non-hydrogen) atoms. The minimum Gasteiger partial charge on any atom is -0.496 e. The second-order valence-electron chi connectivity index (χ2n) is 7.45. The molecule has 2 aromatic carbocycles. The van der Waals surface area contributed by atoms with Gasteiger partial charge in [-0.15, -0.1) is 0 Å². The topological polar surface area (TPSA) is 43.7 Å². The van der Waals surface area contributed by atoms with Crippen LogP contribution < -0.4 is 4.74 Å². The summed E-state index contributed by atoms with van der Waals surface area (Å²) in [6, 6.07) is 12.4. The van der Waals surface area contributed by atoms with E-state index in [9.17, 15) is 4.79 Å². The van der Waals surface area contributed by atoms with Crippen LogP contribution in [0.3, 0.4) is 0 Å². The highest BCUT2D eigenvalue weighted by Gasteiger charge is 2.24. The van der Waals surface area contributed by atoms with E-state index in [1.807, 2.05) is 19.1 Å². The van der Waals surface area contributed by atoms with E-state index in [-0.39, 0.29) is 5.78 Å². The van der Waals surface area contributed by atoms with Gasteiger partial charge in [0.15, 0.2) is 5.78 Å². The van der Waals surface area contributed by atoms with Crippen molar-refractivity contribution < 1.29 is 14.3 Å². The lowest BCUT2D eigenvalue weighted by atomic mass is 10.1. The van der Waals surface area contributed by atoms with E-state index in [0.717, 1.165) is 51.2 Å². The first-order chi connectivity index (χ1) is 14.0. The molecule has 0 spiro atoms. The van der Waals surface area contributed by atoms with Gasteiger partial charge in [-0.3, -0.25) is 9.69 Å². The van der Waals surface area contributed by atoms with Crippen LogP contribution in [0.1, 0.15) is 21.6 Å². The summed E-state index contributed by atoms with van der Waals surface area (Å²) in [6.45, 7) is 7.42. The molecule has 5 nitrogen and oxygen atoms in total. The number of hydrogen-bond acceptors (Lipinski definition) is 4. The summed E-state index contributed by atoms with van der Waals surface area (Å²) < 4.78 is 14.0. The number of Topliss-reactive ketones (excluding diaryl/α,β-unsaturated/α-hetero) is 1. The molecule has 1 aliphatic rings. The molecule has 4 rings (SSSR count). The van der Waals surface area contributed by atoms with Crippen molar-refractivity contribution in [3.63, 3.8) is 0 Å². The zero-order valence-corrected chi connectivity index (χ0v) is 18.6. The third-order valence-electron chi connectivity index (χ3n) is 5.52. The number of methoxy groups -OCH3 is 1. The van der Waals surface area contributed by atoms with Crippen LogP contribution in [-0.4, -0.2) is 55.2 Å². The summed E-state index contributed by atoms with van der Waals surface area (Å²) in [7, 11) is 1.64. The van der Waals surface area contributed by atoms with Gasteiger partial charge in [-0.05, 0) is 54.0 Å². The molecule has 1 aromatic heterocycles. The third kappa shape index (κ3) is 3.84. The monoisotopic (exact) mass is 456 g/mol. The van der Waals surface area contributed by atoms with E-state index in [1.54, 1.807) is 7.11 Å². The van der Waals surface area contributed by atoms with E-state index in [1.165, 1.54) is 5.56 Å².